The number of hydrogen-bond acceptors (Lipinski definition) is 24. The van der Waals surface area contributed by atoms with Crippen molar-refractivity contribution in [2.45, 2.75) is 105 Å². The van der Waals surface area contributed by atoms with E-state index in [9.17, 15) is 9.59 Å². The molecule has 11 N–H and O–H groups in total. The molecule has 20 heterocycles. The van der Waals surface area contributed by atoms with Gasteiger partial charge in [-0.3, -0.25) is 69.9 Å². The maximum atomic E-state index is 12.4. The molecule has 4 aromatic carbocycles. The maximum absolute atomic E-state index is 12.4. The third kappa shape index (κ3) is 19.6. The Morgan fingerprint density at radius 3 is 0.972 bits per heavy atom. The summed E-state index contributed by atoms with van der Waals surface area (Å²) in [6.07, 6.45) is 43.4. The summed E-state index contributed by atoms with van der Waals surface area (Å²) in [5.74, 6) is 2.40. The number of aromatic nitrogens is 32. The number of aromatic amines is 8. The highest BCUT2D eigenvalue weighted by molar-refractivity contribution is 6.02. The second-order valence-electron chi connectivity index (χ2n) is 35.5. The van der Waals surface area contributed by atoms with Gasteiger partial charge in [0.05, 0.1) is 200 Å². The average Bonchev–Trinajstić information content (AvgIpc) is 1.63. The minimum atomic E-state index is -0.501. The van der Waals surface area contributed by atoms with E-state index >= 15 is 0 Å². The first-order valence-corrected chi connectivity index (χ1v) is 45.1. The summed E-state index contributed by atoms with van der Waals surface area (Å²) >= 11 is 0. The van der Waals surface area contributed by atoms with Crippen LogP contribution in [-0.4, -0.2) is 191 Å². The number of pyridine rings is 8. The minimum absolute atomic E-state index is 0. The van der Waals surface area contributed by atoms with Crippen molar-refractivity contribution >= 4 is 117 Å². The van der Waals surface area contributed by atoms with Crippen molar-refractivity contribution in [3.8, 4) is 113 Å². The summed E-state index contributed by atoms with van der Waals surface area (Å²) < 4.78 is 7.69. The zero-order valence-electron chi connectivity index (χ0n) is 78.1. The molecule has 38 heteroatoms. The summed E-state index contributed by atoms with van der Waals surface area (Å²) in [4.78, 5) is 112. The molecule has 24 rings (SSSR count). The van der Waals surface area contributed by atoms with Crippen molar-refractivity contribution in [2.75, 3.05) is 36.2 Å². The Balaban J connectivity index is 0.000000131. The fourth-order valence-electron chi connectivity index (χ4n) is 16.4. The summed E-state index contributed by atoms with van der Waals surface area (Å²) in [6.45, 7) is 20.9. The van der Waals surface area contributed by atoms with Crippen LogP contribution in [0.5, 0.6) is 0 Å². The van der Waals surface area contributed by atoms with Crippen LogP contribution >= 0.6 is 0 Å². The molecule has 0 aliphatic rings. The minimum Gasteiger partial charge on any atom is -0.376 e. The van der Waals surface area contributed by atoms with Crippen LogP contribution in [0, 0.1) is 39.0 Å². The van der Waals surface area contributed by atoms with Gasteiger partial charge in [0.15, 0.2) is 23.3 Å². The molecular weight excluding hydrogens is 1810 g/mol. The molecule has 0 radical (unpaired) electrons. The van der Waals surface area contributed by atoms with Gasteiger partial charge in [-0.2, -0.15) is 20.4 Å². The van der Waals surface area contributed by atoms with Crippen LogP contribution in [0.15, 0.2) is 246 Å². The second-order valence-corrected chi connectivity index (χ2v) is 35.5. The summed E-state index contributed by atoms with van der Waals surface area (Å²) in [6, 6.07) is 32.7. The highest BCUT2D eigenvalue weighted by Gasteiger charge is 2.26. The van der Waals surface area contributed by atoms with Crippen LogP contribution < -0.4 is 20.9 Å². The van der Waals surface area contributed by atoms with E-state index in [2.05, 4.69) is 180 Å². The molecule has 0 fully saturated rings. The zero-order chi connectivity index (χ0) is 96.1. The normalized spacial score (nSPS) is 11.3. The number of amides is 2. The van der Waals surface area contributed by atoms with E-state index in [1.165, 1.54) is 0 Å². The molecule has 0 saturated carbocycles. The van der Waals surface area contributed by atoms with Crippen molar-refractivity contribution in [3.63, 3.8) is 0 Å². The highest BCUT2D eigenvalue weighted by Crippen LogP contribution is 2.39. The molecular formula is C106H108N36O2. The van der Waals surface area contributed by atoms with E-state index < -0.39 is 5.41 Å². The predicted octanol–water partition coefficient (Wildman–Crippen LogP) is 20.5. The lowest BCUT2D eigenvalue weighted by Crippen LogP contribution is -2.27. The fourth-order valence-corrected chi connectivity index (χ4v) is 16.4. The average molecular weight is 1920 g/mol. The number of aryl methyl sites for hydroxylation is 4. The first-order chi connectivity index (χ1) is 68.0. The zero-order valence-corrected chi connectivity index (χ0v) is 78.1. The van der Waals surface area contributed by atoms with Gasteiger partial charge in [-0.1, -0.05) is 95.5 Å². The second kappa shape index (κ2) is 40.4. The Kier molecular flexibility index (Phi) is 27.3. The predicted molar refractivity (Wildman–Crippen MR) is 566 cm³/mol. The summed E-state index contributed by atoms with van der Waals surface area (Å²) in [5.41, 5.74) is 31.1. The Hall–Kier alpha value is -18.6. The Labute approximate surface area is 826 Å². The van der Waals surface area contributed by atoms with E-state index in [0.717, 1.165) is 214 Å². The highest BCUT2D eigenvalue weighted by atomic mass is 16.2. The largest absolute Gasteiger partial charge is 0.376 e. The lowest BCUT2D eigenvalue weighted by Gasteiger charge is -2.17. The van der Waals surface area contributed by atoms with E-state index in [1.807, 2.05) is 210 Å². The molecule has 2 amide bonds. The molecule has 0 bridgehead atoms. The van der Waals surface area contributed by atoms with Crippen molar-refractivity contribution in [1.29, 1.82) is 0 Å². The standard InChI is InChI=1S/C27H25N9O.C26H23N9O.C25H23N9.C24H21N9.4CH4/c1-15-13-36(14-30-15)22-12-29-11-21-24(22)33-25(32-21)23-19-8-16(5-6-20(19)34-35-23)17-7-18(10-28-9-17)31-26(37)27(2,3)4;1-14(2)26(36)30-18-6-17(8-27-9-18)16-4-5-20-19(7-16)23(34-33-20)25-31-21-10-28-11-22(24(21)32-25)35-12-15(3)29-13-35;1-3-26-8-16-6-18(10-27-9-16)17-4-5-20-19(7-17)23(33-32-20)25-30-21-11-28-12-22(24(21)31-25)34-13-15(2)29-14-34;1-14-12-33(13-27-14)21-11-26-10-20-23(21)29-24(28-20)22-18-7-15(4-5-19(18)30-31-22)16-6-17(32(2)3)9-25-8-16;;;;/h5-14H,1-4H3,(H,31,37)(H,32,33)(H,34,35);4-14H,1-3H3,(H,30,36)(H,31,32)(H,33,34);4-7,9-14,26H,3,8H2,1-2H3,(H,30,31)(H,32,33);4-13H,1-3H3,(H,28,29)(H,30,31);4*1H4. The van der Waals surface area contributed by atoms with Crippen molar-refractivity contribution in [1.82, 2.24) is 164 Å². The number of carbonyl (C=O) groups is 2. The van der Waals surface area contributed by atoms with Crippen LogP contribution in [0.3, 0.4) is 0 Å². The van der Waals surface area contributed by atoms with Crippen LogP contribution in [0.4, 0.5) is 17.1 Å². The fraction of sp³-hybridized carbons (Fsp3) is 0.189. The first-order valence-electron chi connectivity index (χ1n) is 45.1. The van der Waals surface area contributed by atoms with Gasteiger partial charge >= 0.3 is 0 Å². The van der Waals surface area contributed by atoms with Gasteiger partial charge in [0, 0.05) is 132 Å². The van der Waals surface area contributed by atoms with E-state index in [1.54, 1.807) is 99.7 Å². The number of rotatable bonds is 19. The molecule has 0 aliphatic heterocycles. The van der Waals surface area contributed by atoms with Crippen molar-refractivity contribution < 1.29 is 9.59 Å². The van der Waals surface area contributed by atoms with E-state index in [4.69, 9.17) is 19.9 Å². The molecule has 20 aromatic heterocycles. The third-order valence-electron chi connectivity index (χ3n) is 23.8. The summed E-state index contributed by atoms with van der Waals surface area (Å²) in [7, 11) is 4.02. The van der Waals surface area contributed by atoms with Gasteiger partial charge < -0.3 is 59.1 Å². The van der Waals surface area contributed by atoms with E-state index in [0.29, 0.717) is 46.1 Å². The van der Waals surface area contributed by atoms with Gasteiger partial charge in [-0.25, -0.2) is 39.9 Å². The van der Waals surface area contributed by atoms with Crippen LogP contribution in [0.1, 0.15) is 99.6 Å². The third-order valence-corrected chi connectivity index (χ3v) is 23.8. The lowest BCUT2D eigenvalue weighted by molar-refractivity contribution is -0.123. The lowest BCUT2D eigenvalue weighted by atomic mass is 9.95. The number of carbonyl (C=O) groups excluding carboxylic acids is 2. The number of imidazole rings is 8. The first kappa shape index (κ1) is 97.0. The Bertz CT molecular complexity index is 8790. The van der Waals surface area contributed by atoms with E-state index in [-0.39, 0.29) is 47.4 Å². The summed E-state index contributed by atoms with van der Waals surface area (Å²) in [5, 5.41) is 43.7. The number of hydrogen-bond donors (Lipinski definition) is 11. The molecule has 0 aliphatic carbocycles. The van der Waals surface area contributed by atoms with Gasteiger partial charge in [-0.05, 0) is 135 Å². The number of nitrogens with one attached hydrogen (secondary N) is 11. The maximum Gasteiger partial charge on any atom is 0.229 e. The topological polar surface area (TPSA) is 477 Å². The SMILES string of the molecule is C.C.C.C.CCNCc1cncc(-c2ccc3[nH]nc(-c4nc5c(-n6cnc(C)c6)cncc5[nH]4)c3c2)c1.Cc1cn(-c2cncc3[nH]c(-c4n[nH]c5ccc(-c6cncc(N(C)C)c6)cc45)nc23)cn1.Cc1cn(-c2cncc3[nH]c(-c4n[nH]c5ccc(-c6cncc(NC(=O)C(C)(C)C)c6)cc45)nc23)cn1.Cc1cn(-c2cncc3[nH]c(-c4n[nH]c5ccc(-c6cncc(NC(=O)C(C)C)c6)cc45)nc23)cn1. The van der Waals surface area contributed by atoms with Crippen molar-refractivity contribution in [2.24, 2.45) is 11.3 Å². The van der Waals surface area contributed by atoms with Gasteiger partial charge in [0.1, 0.15) is 44.8 Å². The Morgan fingerprint density at radius 1 is 0.361 bits per heavy atom. The number of anilines is 3. The monoisotopic (exact) mass is 1920 g/mol. The van der Waals surface area contributed by atoms with Crippen LogP contribution in [-0.2, 0) is 16.1 Å². The van der Waals surface area contributed by atoms with Gasteiger partial charge in [-0.15, -0.1) is 0 Å². The molecule has 724 valence electrons. The van der Waals surface area contributed by atoms with Gasteiger partial charge in [0.2, 0.25) is 11.8 Å². The quantitative estimate of drug-likeness (QED) is 0.0358. The smallest absolute Gasteiger partial charge is 0.229 e. The number of H-pyrrole nitrogens is 8. The number of benzene rings is 4. The molecule has 0 unspecified atom stereocenters. The van der Waals surface area contributed by atoms with Crippen LogP contribution in [0.25, 0.3) is 201 Å². The molecule has 0 saturated heterocycles. The number of nitrogens with zero attached hydrogens (tertiary/aromatic N) is 25. The van der Waals surface area contributed by atoms with Crippen LogP contribution in [0.2, 0.25) is 0 Å². The molecule has 0 atom stereocenters. The molecule has 0 spiro atoms. The molecule has 144 heavy (non-hydrogen) atoms. The van der Waals surface area contributed by atoms with Crippen molar-refractivity contribution in [3.05, 3.63) is 275 Å². The molecule has 38 nitrogen and oxygen atoms in total. The number of fused-ring (bicyclic) bond motifs is 8. The van der Waals surface area contributed by atoms with Gasteiger partial charge in [0.25, 0.3) is 0 Å². The Morgan fingerprint density at radius 2 is 0.667 bits per heavy atom. The molecule has 24 aromatic rings.